The van der Waals surface area contributed by atoms with Gasteiger partial charge in [0.2, 0.25) is 5.65 Å². The highest BCUT2D eigenvalue weighted by molar-refractivity contribution is 8.01. The molecule has 2 aromatic carbocycles. The molecule has 8 heteroatoms. The number of benzene rings is 2. The first-order chi connectivity index (χ1) is 14.7. The lowest BCUT2D eigenvalue weighted by molar-refractivity contribution is -0.493. The number of nitrogens with one attached hydrogen (secondary N) is 2. The van der Waals surface area contributed by atoms with E-state index in [0.29, 0.717) is 5.02 Å². The van der Waals surface area contributed by atoms with Crippen molar-refractivity contribution in [2.24, 2.45) is 0 Å². The molecule has 0 unspecified atom stereocenters. The van der Waals surface area contributed by atoms with E-state index in [1.807, 2.05) is 77.3 Å². The minimum absolute atomic E-state index is 0.0910. The van der Waals surface area contributed by atoms with Gasteiger partial charge in [-0.15, -0.1) is 11.3 Å². The summed E-state index contributed by atoms with van der Waals surface area (Å²) in [5.74, 6) is 0.896. The van der Waals surface area contributed by atoms with Crippen LogP contribution in [-0.4, -0.2) is 21.6 Å². The van der Waals surface area contributed by atoms with E-state index in [1.54, 1.807) is 11.3 Å². The van der Waals surface area contributed by atoms with Gasteiger partial charge in [0, 0.05) is 16.7 Å². The van der Waals surface area contributed by atoms with Crippen LogP contribution in [0.5, 0.6) is 0 Å². The predicted molar refractivity (Wildman–Crippen MR) is 123 cm³/mol. The van der Waals surface area contributed by atoms with Crippen molar-refractivity contribution in [2.75, 3.05) is 11.1 Å². The number of H-pyrrole nitrogens is 1. The second kappa shape index (κ2) is 8.10. The highest BCUT2D eigenvalue weighted by Crippen LogP contribution is 2.31. The maximum Gasteiger partial charge on any atom is 0.290 e. The van der Waals surface area contributed by atoms with Crippen LogP contribution in [0.3, 0.4) is 0 Å². The first-order valence-electron chi connectivity index (χ1n) is 9.24. The van der Waals surface area contributed by atoms with Crippen molar-refractivity contribution in [1.29, 1.82) is 0 Å². The molecule has 0 aliphatic heterocycles. The number of halogens is 1. The zero-order chi connectivity index (χ0) is 20.5. The maximum atomic E-state index is 12.8. The van der Waals surface area contributed by atoms with Gasteiger partial charge in [-0.05, 0) is 24.3 Å². The standard InChI is InChI=1S/C22H15ClN4OS2/c23-15-9-10-17-16(12-15)24-22(30-17)29-13-19(28)26-21-20(14-6-2-1-3-7-14)25-18-8-4-5-11-27(18)21/h1-12H,13H2,(H,26,28)/p+1. The van der Waals surface area contributed by atoms with E-state index in [1.165, 1.54) is 11.8 Å². The van der Waals surface area contributed by atoms with Crippen LogP contribution in [0, 0.1) is 0 Å². The molecular weight excluding hydrogens is 436 g/mol. The van der Waals surface area contributed by atoms with Crippen molar-refractivity contribution in [3.8, 4) is 11.3 Å². The average molecular weight is 452 g/mol. The van der Waals surface area contributed by atoms with E-state index in [-0.39, 0.29) is 11.7 Å². The molecular formula is C22H16ClN4OS2+. The SMILES string of the molecule is O=C(CSc1nc2cc(Cl)ccc2s1)Nc1c(-c2ccccc2)[nH]c2cccc[n+]12. The normalized spacial score (nSPS) is 11.2. The molecule has 30 heavy (non-hydrogen) atoms. The predicted octanol–water partition coefficient (Wildman–Crippen LogP) is 5.41. The summed E-state index contributed by atoms with van der Waals surface area (Å²) in [6, 6.07) is 21.5. The molecule has 0 radical (unpaired) electrons. The maximum absolute atomic E-state index is 12.8. The zero-order valence-corrected chi connectivity index (χ0v) is 18.0. The Kier molecular flexibility index (Phi) is 5.16. The van der Waals surface area contributed by atoms with Crippen LogP contribution in [0.4, 0.5) is 5.82 Å². The second-order valence-electron chi connectivity index (χ2n) is 6.60. The minimum atomic E-state index is -0.0910. The summed E-state index contributed by atoms with van der Waals surface area (Å²) in [4.78, 5) is 20.7. The lowest BCUT2D eigenvalue weighted by Gasteiger charge is -2.01. The van der Waals surface area contributed by atoms with Gasteiger partial charge in [0.05, 0.1) is 22.2 Å². The number of carbonyl (C=O) groups is 1. The van der Waals surface area contributed by atoms with Crippen molar-refractivity contribution in [2.45, 2.75) is 4.34 Å². The third kappa shape index (κ3) is 3.79. The molecule has 0 saturated carbocycles. The molecule has 0 atom stereocenters. The number of carbonyl (C=O) groups excluding carboxylic acids is 1. The fraction of sp³-hybridized carbons (Fsp3) is 0.0455. The van der Waals surface area contributed by atoms with E-state index in [9.17, 15) is 4.79 Å². The van der Waals surface area contributed by atoms with Crippen molar-refractivity contribution < 1.29 is 9.20 Å². The molecule has 0 saturated heterocycles. The number of thioether (sulfide) groups is 1. The van der Waals surface area contributed by atoms with Crippen molar-refractivity contribution in [3.63, 3.8) is 0 Å². The molecule has 0 spiro atoms. The summed E-state index contributed by atoms with van der Waals surface area (Å²) in [5.41, 5.74) is 3.64. The van der Waals surface area contributed by atoms with Gasteiger partial charge in [-0.3, -0.25) is 9.78 Å². The van der Waals surface area contributed by atoms with Crippen LogP contribution in [-0.2, 0) is 4.79 Å². The molecule has 5 nitrogen and oxygen atoms in total. The number of amides is 1. The van der Waals surface area contributed by atoms with Crippen molar-refractivity contribution in [3.05, 3.63) is 77.9 Å². The van der Waals surface area contributed by atoms with Crippen LogP contribution in [0.15, 0.2) is 77.3 Å². The van der Waals surface area contributed by atoms with Crippen LogP contribution in [0.1, 0.15) is 0 Å². The summed E-state index contributed by atoms with van der Waals surface area (Å²) in [7, 11) is 0. The Morgan fingerprint density at radius 3 is 2.83 bits per heavy atom. The summed E-state index contributed by atoms with van der Waals surface area (Å²) < 4.78 is 3.85. The van der Waals surface area contributed by atoms with Crippen LogP contribution < -0.4 is 9.72 Å². The van der Waals surface area contributed by atoms with Gasteiger partial charge in [-0.2, -0.15) is 0 Å². The lowest BCUT2D eigenvalue weighted by atomic mass is 10.1. The molecule has 0 aliphatic carbocycles. The molecule has 148 valence electrons. The Balaban J connectivity index is 1.38. The number of fused-ring (bicyclic) bond motifs is 2. The number of imidazole rings is 1. The Labute approximate surface area is 185 Å². The molecule has 5 aromatic rings. The van der Waals surface area contributed by atoms with E-state index >= 15 is 0 Å². The number of hydrogen-bond donors (Lipinski definition) is 2. The van der Waals surface area contributed by atoms with Gasteiger partial charge in [0.1, 0.15) is 0 Å². The van der Waals surface area contributed by atoms with Crippen molar-refractivity contribution >= 4 is 62.3 Å². The van der Waals surface area contributed by atoms with Gasteiger partial charge >= 0.3 is 0 Å². The molecule has 0 fully saturated rings. The topological polar surface area (TPSA) is 61.9 Å². The van der Waals surface area contributed by atoms with Crippen LogP contribution in [0.25, 0.3) is 27.1 Å². The number of rotatable bonds is 5. The molecule has 1 amide bonds. The summed E-state index contributed by atoms with van der Waals surface area (Å²) in [6.07, 6.45) is 1.93. The van der Waals surface area contributed by atoms with Gasteiger partial charge < -0.3 is 0 Å². The van der Waals surface area contributed by atoms with E-state index in [4.69, 9.17) is 11.6 Å². The highest BCUT2D eigenvalue weighted by Gasteiger charge is 2.22. The largest absolute Gasteiger partial charge is 0.290 e. The smallest absolute Gasteiger partial charge is 0.267 e. The van der Waals surface area contributed by atoms with E-state index in [2.05, 4.69) is 15.3 Å². The number of hydrogen-bond acceptors (Lipinski definition) is 4. The highest BCUT2D eigenvalue weighted by atomic mass is 35.5. The summed E-state index contributed by atoms with van der Waals surface area (Å²) in [5, 5.41) is 3.73. The Bertz CT molecular complexity index is 1360. The van der Waals surface area contributed by atoms with Gasteiger partial charge in [-0.1, -0.05) is 59.8 Å². The quantitative estimate of drug-likeness (QED) is 0.277. The van der Waals surface area contributed by atoms with Gasteiger partial charge in [0.15, 0.2) is 10.0 Å². The number of anilines is 1. The van der Waals surface area contributed by atoms with E-state index in [0.717, 1.165) is 37.3 Å². The third-order valence-electron chi connectivity index (χ3n) is 4.57. The Hall–Kier alpha value is -2.87. The Morgan fingerprint density at radius 1 is 1.13 bits per heavy atom. The fourth-order valence-electron chi connectivity index (χ4n) is 3.22. The number of aromatic amines is 1. The van der Waals surface area contributed by atoms with Crippen LogP contribution >= 0.6 is 34.7 Å². The fourth-order valence-corrected chi connectivity index (χ4v) is 5.24. The molecule has 2 N–H and O–H groups in total. The molecule has 5 rings (SSSR count). The average Bonchev–Trinajstić information content (AvgIpc) is 3.34. The zero-order valence-electron chi connectivity index (χ0n) is 15.6. The molecule has 0 aliphatic rings. The second-order valence-corrected chi connectivity index (χ2v) is 9.29. The first kappa shape index (κ1) is 19.1. The first-order valence-corrected chi connectivity index (χ1v) is 11.4. The number of thiazole rings is 1. The monoisotopic (exact) mass is 451 g/mol. The molecule has 0 bridgehead atoms. The third-order valence-corrected chi connectivity index (χ3v) is 6.98. The van der Waals surface area contributed by atoms with Gasteiger partial charge in [0.25, 0.3) is 11.7 Å². The molecule has 3 heterocycles. The minimum Gasteiger partial charge on any atom is -0.267 e. The van der Waals surface area contributed by atoms with Crippen molar-refractivity contribution in [1.82, 2.24) is 9.97 Å². The number of nitrogens with zero attached hydrogens (tertiary/aromatic N) is 2. The number of pyridine rings is 1. The molecule has 3 aromatic heterocycles. The van der Waals surface area contributed by atoms with Gasteiger partial charge in [-0.25, -0.2) is 14.7 Å². The lowest BCUT2D eigenvalue weighted by Crippen LogP contribution is -2.27. The van der Waals surface area contributed by atoms with Crippen LogP contribution in [0.2, 0.25) is 5.02 Å². The summed E-state index contributed by atoms with van der Waals surface area (Å²) in [6.45, 7) is 0. The summed E-state index contributed by atoms with van der Waals surface area (Å²) >= 11 is 9.02. The Morgan fingerprint density at radius 2 is 1.97 bits per heavy atom. The van der Waals surface area contributed by atoms with E-state index < -0.39 is 0 Å². The number of aromatic nitrogens is 3.